The number of aliphatic carboxylic acids is 1. The van der Waals surface area contributed by atoms with E-state index in [0.717, 1.165) is 0 Å². The summed E-state index contributed by atoms with van der Waals surface area (Å²) in [5, 5.41) is 41.7. The average molecular weight is 274 g/mol. The first-order chi connectivity index (χ1) is 7.50. The average Bonchev–Trinajstić information content (AvgIpc) is 2.22. The molecule has 4 atom stereocenters. The van der Waals surface area contributed by atoms with Crippen molar-refractivity contribution in [3.05, 3.63) is 0 Å². The Balaban J connectivity index is 4.89. The van der Waals surface area contributed by atoms with Gasteiger partial charge in [-0.3, -0.25) is 9.35 Å². The van der Waals surface area contributed by atoms with Gasteiger partial charge in [-0.25, -0.2) is 4.79 Å². The zero-order valence-electron chi connectivity index (χ0n) is 8.03. The molecule has 11 heteroatoms. The molecule has 0 saturated heterocycles. The Morgan fingerprint density at radius 1 is 0.882 bits per heavy atom. The number of carbonyl (C=O) groups is 2. The molecule has 17 heavy (non-hydrogen) atoms. The standard InChI is InChI=1S/C6H10O10S/c7-1(3(9)5(11)12)2(8)4(10)6(13)17(14,15)16/h1-4,7-10H,(H,11,12)(H,14,15,16). The van der Waals surface area contributed by atoms with E-state index in [9.17, 15) is 18.0 Å². The van der Waals surface area contributed by atoms with Crippen LogP contribution in [-0.4, -0.2) is 74.0 Å². The van der Waals surface area contributed by atoms with Crippen molar-refractivity contribution in [1.29, 1.82) is 0 Å². The first kappa shape index (κ1) is 15.9. The molecule has 0 aromatic rings. The zero-order valence-corrected chi connectivity index (χ0v) is 8.85. The van der Waals surface area contributed by atoms with Crippen LogP contribution in [0.15, 0.2) is 0 Å². The van der Waals surface area contributed by atoms with E-state index in [1.54, 1.807) is 0 Å². The van der Waals surface area contributed by atoms with Crippen molar-refractivity contribution >= 4 is 21.2 Å². The third kappa shape index (κ3) is 3.99. The molecule has 0 rings (SSSR count). The molecule has 0 saturated carbocycles. The van der Waals surface area contributed by atoms with E-state index < -0.39 is 45.6 Å². The predicted octanol–water partition coefficient (Wildman–Crippen LogP) is -4.07. The topological polar surface area (TPSA) is 190 Å². The number of hydrogen-bond donors (Lipinski definition) is 6. The monoisotopic (exact) mass is 274 g/mol. The SMILES string of the molecule is O=C(O)C(O)C(O)C(O)C(O)C(=O)S(=O)(=O)O. The van der Waals surface area contributed by atoms with E-state index in [4.69, 9.17) is 30.1 Å². The molecule has 0 aliphatic carbocycles. The van der Waals surface area contributed by atoms with Crippen molar-refractivity contribution in [2.75, 3.05) is 0 Å². The van der Waals surface area contributed by atoms with E-state index in [2.05, 4.69) is 0 Å². The summed E-state index contributed by atoms with van der Waals surface area (Å²) in [6, 6.07) is 0. The quantitative estimate of drug-likeness (QED) is 0.269. The minimum atomic E-state index is -5.32. The summed E-state index contributed by atoms with van der Waals surface area (Å²) in [4.78, 5) is 20.9. The third-order valence-electron chi connectivity index (χ3n) is 1.75. The summed E-state index contributed by atoms with van der Waals surface area (Å²) < 4.78 is 28.8. The zero-order chi connectivity index (χ0) is 14.0. The maximum absolute atomic E-state index is 10.7. The summed E-state index contributed by atoms with van der Waals surface area (Å²) in [6.07, 6.45) is -10.5. The van der Waals surface area contributed by atoms with Crippen LogP contribution in [0, 0.1) is 0 Å². The molecule has 100 valence electrons. The number of hydrogen-bond acceptors (Lipinski definition) is 8. The summed E-state index contributed by atoms with van der Waals surface area (Å²) in [5.41, 5.74) is 0. The van der Waals surface area contributed by atoms with Crippen LogP contribution in [0.5, 0.6) is 0 Å². The van der Waals surface area contributed by atoms with Crippen LogP contribution in [0.4, 0.5) is 0 Å². The van der Waals surface area contributed by atoms with Crippen molar-refractivity contribution in [3.8, 4) is 0 Å². The van der Waals surface area contributed by atoms with Gasteiger partial charge in [-0.2, -0.15) is 8.42 Å². The number of carboxylic acids is 1. The van der Waals surface area contributed by atoms with Gasteiger partial charge in [-0.1, -0.05) is 0 Å². The molecule has 0 fully saturated rings. The highest BCUT2D eigenvalue weighted by atomic mass is 32.2. The van der Waals surface area contributed by atoms with E-state index in [1.165, 1.54) is 0 Å². The molecule has 6 N–H and O–H groups in total. The lowest BCUT2D eigenvalue weighted by Crippen LogP contribution is -2.51. The fraction of sp³-hybridized carbons (Fsp3) is 0.667. The number of carbonyl (C=O) groups excluding carboxylic acids is 1. The Labute approximate surface area is 94.5 Å². The maximum Gasteiger partial charge on any atom is 0.335 e. The highest BCUT2D eigenvalue weighted by molar-refractivity contribution is 8.01. The second-order valence-corrected chi connectivity index (χ2v) is 4.36. The first-order valence-electron chi connectivity index (χ1n) is 3.96. The molecule has 0 radical (unpaired) electrons. The maximum atomic E-state index is 10.7. The van der Waals surface area contributed by atoms with Crippen molar-refractivity contribution in [3.63, 3.8) is 0 Å². The Morgan fingerprint density at radius 2 is 1.24 bits per heavy atom. The molecule has 4 unspecified atom stereocenters. The fourth-order valence-electron chi connectivity index (χ4n) is 0.812. The molecule has 0 spiro atoms. The lowest BCUT2D eigenvalue weighted by atomic mass is 10.0. The van der Waals surface area contributed by atoms with E-state index in [-0.39, 0.29) is 0 Å². The lowest BCUT2D eigenvalue weighted by molar-refractivity contribution is -0.164. The second kappa shape index (κ2) is 5.48. The van der Waals surface area contributed by atoms with E-state index >= 15 is 0 Å². The van der Waals surface area contributed by atoms with Gasteiger partial charge in [0.2, 0.25) is 0 Å². The Bertz CT molecular complexity index is 399. The van der Waals surface area contributed by atoms with Gasteiger partial charge in [0.05, 0.1) is 0 Å². The third-order valence-corrected chi connectivity index (χ3v) is 2.50. The summed E-state index contributed by atoms with van der Waals surface area (Å²) >= 11 is 0. The molecular weight excluding hydrogens is 264 g/mol. The smallest absolute Gasteiger partial charge is 0.335 e. The van der Waals surface area contributed by atoms with Crippen LogP contribution in [0.25, 0.3) is 0 Å². The largest absolute Gasteiger partial charge is 0.479 e. The van der Waals surface area contributed by atoms with Gasteiger partial charge in [0, 0.05) is 0 Å². The number of rotatable bonds is 5. The Kier molecular flexibility index (Phi) is 5.12. The minimum Gasteiger partial charge on any atom is -0.479 e. The minimum absolute atomic E-state index is 1.97. The van der Waals surface area contributed by atoms with Gasteiger partial charge >= 0.3 is 21.2 Å². The molecule has 0 aliphatic rings. The molecule has 0 aliphatic heterocycles. The van der Waals surface area contributed by atoms with Gasteiger partial charge in [0.1, 0.15) is 12.2 Å². The normalized spacial score (nSPS) is 19.1. The van der Waals surface area contributed by atoms with E-state index in [1.807, 2.05) is 0 Å². The second-order valence-electron chi connectivity index (χ2n) is 3.00. The Morgan fingerprint density at radius 3 is 1.53 bits per heavy atom. The summed E-state index contributed by atoms with van der Waals surface area (Å²) in [5.74, 6) is -1.97. The van der Waals surface area contributed by atoms with Crippen molar-refractivity contribution in [1.82, 2.24) is 0 Å². The fourth-order valence-corrected chi connectivity index (χ4v) is 1.26. The van der Waals surface area contributed by atoms with Crippen molar-refractivity contribution < 1.29 is 48.1 Å². The highest BCUT2D eigenvalue weighted by Crippen LogP contribution is 2.08. The van der Waals surface area contributed by atoms with Gasteiger partial charge in [0.25, 0.3) is 0 Å². The van der Waals surface area contributed by atoms with Gasteiger partial charge < -0.3 is 25.5 Å². The molecule has 0 heterocycles. The van der Waals surface area contributed by atoms with Crippen LogP contribution in [0.2, 0.25) is 0 Å². The molecule has 10 nitrogen and oxygen atoms in total. The van der Waals surface area contributed by atoms with Crippen LogP contribution in [-0.2, 0) is 19.7 Å². The summed E-state index contributed by atoms with van der Waals surface area (Å²) in [7, 11) is -5.32. The van der Waals surface area contributed by atoms with Crippen LogP contribution in [0.1, 0.15) is 0 Å². The van der Waals surface area contributed by atoms with Gasteiger partial charge in [-0.05, 0) is 0 Å². The molecule has 0 aromatic heterocycles. The van der Waals surface area contributed by atoms with Crippen LogP contribution in [0.3, 0.4) is 0 Å². The number of carboxylic acid groups (broad SMARTS) is 1. The number of aliphatic hydroxyl groups excluding tert-OH is 4. The molecule has 0 bridgehead atoms. The molecular formula is C6H10O10S. The van der Waals surface area contributed by atoms with E-state index in [0.29, 0.717) is 0 Å². The van der Waals surface area contributed by atoms with Gasteiger partial charge in [-0.15, -0.1) is 0 Å². The Hall–Kier alpha value is -1.11. The number of aliphatic hydroxyl groups is 4. The predicted molar refractivity (Wildman–Crippen MR) is 48.2 cm³/mol. The van der Waals surface area contributed by atoms with Crippen LogP contribution < -0.4 is 0 Å². The first-order valence-corrected chi connectivity index (χ1v) is 5.40. The highest BCUT2D eigenvalue weighted by Gasteiger charge is 2.41. The van der Waals surface area contributed by atoms with Crippen molar-refractivity contribution in [2.24, 2.45) is 0 Å². The van der Waals surface area contributed by atoms with Crippen molar-refractivity contribution in [2.45, 2.75) is 24.4 Å². The summed E-state index contributed by atoms with van der Waals surface area (Å²) in [6.45, 7) is 0. The molecule has 0 amide bonds. The molecule has 0 aromatic carbocycles. The lowest BCUT2D eigenvalue weighted by Gasteiger charge is -2.22. The van der Waals surface area contributed by atoms with Gasteiger partial charge in [0.15, 0.2) is 12.2 Å². The van der Waals surface area contributed by atoms with Crippen LogP contribution >= 0.6 is 0 Å².